The fraction of sp³-hybridized carbons (Fsp3) is 0.500. The molecule has 0 spiro atoms. The van der Waals surface area contributed by atoms with Crippen molar-refractivity contribution < 1.29 is 9.47 Å². The number of rotatable bonds is 3. The summed E-state index contributed by atoms with van der Waals surface area (Å²) in [6, 6.07) is 8.04. The third kappa shape index (κ3) is 3.47. The summed E-state index contributed by atoms with van der Waals surface area (Å²) in [6.07, 6.45) is 0.174. The fourth-order valence-corrected chi connectivity index (χ4v) is 2.75. The average Bonchev–Trinajstić information content (AvgIpc) is 2.38. The minimum absolute atomic E-state index is 0.0453. The van der Waals surface area contributed by atoms with Crippen LogP contribution in [-0.4, -0.2) is 39.0 Å². The summed E-state index contributed by atoms with van der Waals surface area (Å²) in [5, 5.41) is 9.26. The zero-order valence-corrected chi connectivity index (χ0v) is 12.7. The van der Waals surface area contributed by atoms with Crippen LogP contribution in [0.1, 0.15) is 12.5 Å². The molecule has 1 aliphatic heterocycles. The van der Waals surface area contributed by atoms with Crippen molar-refractivity contribution in [1.82, 2.24) is 0 Å². The van der Waals surface area contributed by atoms with Gasteiger partial charge in [0, 0.05) is 24.7 Å². The van der Waals surface area contributed by atoms with Gasteiger partial charge in [-0.2, -0.15) is 5.26 Å². The van der Waals surface area contributed by atoms with Gasteiger partial charge in [0.1, 0.15) is 6.07 Å². The molecule has 0 aliphatic carbocycles. The highest BCUT2D eigenvalue weighted by molar-refractivity contribution is 9.10. The van der Waals surface area contributed by atoms with E-state index in [1.807, 2.05) is 25.1 Å². The SMILES string of the molecule is COCC1CN(c2ccc(Br)cc2C#N)CC(C)O1. The van der Waals surface area contributed by atoms with Gasteiger partial charge < -0.3 is 14.4 Å². The zero-order chi connectivity index (χ0) is 13.8. The van der Waals surface area contributed by atoms with Gasteiger partial charge in [-0.1, -0.05) is 15.9 Å². The lowest BCUT2D eigenvalue weighted by molar-refractivity contribution is -0.0511. The lowest BCUT2D eigenvalue weighted by Gasteiger charge is -2.38. The van der Waals surface area contributed by atoms with E-state index in [1.54, 1.807) is 7.11 Å². The molecule has 0 aromatic heterocycles. The number of methoxy groups -OCH3 is 1. The van der Waals surface area contributed by atoms with Crippen LogP contribution in [-0.2, 0) is 9.47 Å². The molecule has 0 radical (unpaired) electrons. The molecule has 1 aromatic rings. The molecule has 0 saturated carbocycles. The zero-order valence-electron chi connectivity index (χ0n) is 11.1. The number of morpholine rings is 1. The van der Waals surface area contributed by atoms with Gasteiger partial charge in [0.05, 0.1) is 30.1 Å². The van der Waals surface area contributed by atoms with E-state index in [2.05, 4.69) is 26.9 Å². The molecule has 0 amide bonds. The summed E-state index contributed by atoms with van der Waals surface area (Å²) >= 11 is 3.40. The predicted molar refractivity (Wildman–Crippen MR) is 77.3 cm³/mol. The Balaban J connectivity index is 2.23. The molecule has 2 atom stereocenters. The first-order valence-corrected chi connectivity index (χ1v) is 7.02. The van der Waals surface area contributed by atoms with Gasteiger partial charge in [-0.15, -0.1) is 0 Å². The van der Waals surface area contributed by atoms with E-state index < -0.39 is 0 Å². The molecule has 1 fully saturated rings. The van der Waals surface area contributed by atoms with Gasteiger partial charge in [0.25, 0.3) is 0 Å². The van der Waals surface area contributed by atoms with Crippen LogP contribution in [0.4, 0.5) is 5.69 Å². The van der Waals surface area contributed by atoms with Crippen LogP contribution in [0.5, 0.6) is 0 Å². The average molecular weight is 325 g/mol. The van der Waals surface area contributed by atoms with Crippen LogP contribution in [0.25, 0.3) is 0 Å². The largest absolute Gasteiger partial charge is 0.382 e. The molecule has 2 unspecified atom stereocenters. The van der Waals surface area contributed by atoms with Crippen molar-refractivity contribution in [3.63, 3.8) is 0 Å². The molecule has 0 N–H and O–H groups in total. The first-order chi connectivity index (χ1) is 9.13. The highest BCUT2D eigenvalue weighted by Crippen LogP contribution is 2.27. The summed E-state index contributed by atoms with van der Waals surface area (Å²) in [6.45, 7) is 4.14. The van der Waals surface area contributed by atoms with E-state index in [0.717, 1.165) is 23.2 Å². The number of benzene rings is 1. The molecule has 19 heavy (non-hydrogen) atoms. The van der Waals surface area contributed by atoms with E-state index in [-0.39, 0.29) is 12.2 Å². The molecule has 1 aromatic carbocycles. The summed E-state index contributed by atoms with van der Waals surface area (Å²) in [5.74, 6) is 0. The Morgan fingerprint density at radius 1 is 1.53 bits per heavy atom. The molecule has 5 heteroatoms. The summed E-state index contributed by atoms with van der Waals surface area (Å²) in [5.41, 5.74) is 1.64. The van der Waals surface area contributed by atoms with Crippen molar-refractivity contribution in [2.75, 3.05) is 31.7 Å². The second-order valence-corrected chi connectivity index (χ2v) is 5.62. The first kappa shape index (κ1) is 14.3. The fourth-order valence-electron chi connectivity index (χ4n) is 2.39. The summed E-state index contributed by atoms with van der Waals surface area (Å²) in [7, 11) is 1.67. The third-order valence-corrected chi connectivity index (χ3v) is 3.59. The van der Waals surface area contributed by atoms with Crippen molar-refractivity contribution in [2.24, 2.45) is 0 Å². The number of halogens is 1. The monoisotopic (exact) mass is 324 g/mol. The molecule has 1 saturated heterocycles. The number of nitriles is 1. The van der Waals surface area contributed by atoms with E-state index in [1.165, 1.54) is 0 Å². The number of hydrogen-bond acceptors (Lipinski definition) is 4. The lowest BCUT2D eigenvalue weighted by Crippen LogP contribution is -2.48. The lowest BCUT2D eigenvalue weighted by atomic mass is 10.1. The van der Waals surface area contributed by atoms with Crippen molar-refractivity contribution in [2.45, 2.75) is 19.1 Å². The molecule has 0 bridgehead atoms. The van der Waals surface area contributed by atoms with E-state index in [9.17, 15) is 5.26 Å². The highest BCUT2D eigenvalue weighted by Gasteiger charge is 2.26. The topological polar surface area (TPSA) is 45.5 Å². The van der Waals surface area contributed by atoms with Gasteiger partial charge >= 0.3 is 0 Å². The second-order valence-electron chi connectivity index (χ2n) is 4.70. The van der Waals surface area contributed by atoms with Gasteiger partial charge in [-0.25, -0.2) is 0 Å². The second kappa shape index (κ2) is 6.38. The van der Waals surface area contributed by atoms with Crippen molar-refractivity contribution in [1.29, 1.82) is 5.26 Å². The number of hydrogen-bond donors (Lipinski definition) is 0. The molecule has 102 valence electrons. The Bertz CT molecular complexity index is 487. The highest BCUT2D eigenvalue weighted by atomic mass is 79.9. The Labute approximate surface area is 122 Å². The number of anilines is 1. The van der Waals surface area contributed by atoms with Gasteiger partial charge in [-0.3, -0.25) is 0 Å². The predicted octanol–water partition coefficient (Wildman–Crippen LogP) is 2.56. The first-order valence-electron chi connectivity index (χ1n) is 6.23. The van der Waals surface area contributed by atoms with Crippen LogP contribution < -0.4 is 4.90 Å². The van der Waals surface area contributed by atoms with Crippen LogP contribution in [0.15, 0.2) is 22.7 Å². The maximum absolute atomic E-state index is 9.26. The minimum Gasteiger partial charge on any atom is -0.382 e. The van der Waals surface area contributed by atoms with E-state index in [4.69, 9.17) is 9.47 Å². The van der Waals surface area contributed by atoms with Crippen molar-refractivity contribution >= 4 is 21.6 Å². The number of ether oxygens (including phenoxy) is 2. The number of nitrogens with zero attached hydrogens (tertiary/aromatic N) is 2. The van der Waals surface area contributed by atoms with Gasteiger partial charge in [-0.05, 0) is 25.1 Å². The van der Waals surface area contributed by atoms with Gasteiger partial charge in [0.15, 0.2) is 0 Å². The summed E-state index contributed by atoms with van der Waals surface area (Å²) < 4.78 is 11.9. The van der Waals surface area contributed by atoms with Crippen molar-refractivity contribution in [3.05, 3.63) is 28.2 Å². The quantitative estimate of drug-likeness (QED) is 0.857. The smallest absolute Gasteiger partial charge is 0.101 e. The molecular weight excluding hydrogens is 308 g/mol. The molecule has 4 nitrogen and oxygen atoms in total. The molecular formula is C14H17BrN2O2. The van der Waals surface area contributed by atoms with Crippen LogP contribution in [0, 0.1) is 11.3 Å². The maximum atomic E-state index is 9.26. The van der Waals surface area contributed by atoms with Crippen LogP contribution in [0.2, 0.25) is 0 Å². The van der Waals surface area contributed by atoms with Crippen LogP contribution in [0.3, 0.4) is 0 Å². The van der Waals surface area contributed by atoms with E-state index >= 15 is 0 Å². The third-order valence-electron chi connectivity index (χ3n) is 3.10. The normalized spacial score (nSPS) is 23.2. The Morgan fingerprint density at radius 2 is 2.32 bits per heavy atom. The minimum atomic E-state index is 0.0453. The summed E-state index contributed by atoms with van der Waals surface area (Å²) in [4.78, 5) is 2.20. The standard InChI is InChI=1S/C14H17BrN2O2/c1-10-7-17(8-13(19-10)9-18-2)14-4-3-12(15)5-11(14)6-16/h3-5,10,13H,7-9H2,1-2H3. The van der Waals surface area contributed by atoms with Crippen LogP contribution >= 0.6 is 15.9 Å². The van der Waals surface area contributed by atoms with Crippen molar-refractivity contribution in [3.8, 4) is 6.07 Å². The molecule has 2 rings (SSSR count). The molecule has 1 aliphatic rings. The Morgan fingerprint density at radius 3 is 3.00 bits per heavy atom. The van der Waals surface area contributed by atoms with Gasteiger partial charge in [0.2, 0.25) is 0 Å². The Hall–Kier alpha value is -1.09. The Kier molecular flexibility index (Phi) is 4.81. The van der Waals surface area contributed by atoms with E-state index in [0.29, 0.717) is 12.2 Å². The molecule has 1 heterocycles. The maximum Gasteiger partial charge on any atom is 0.101 e.